The summed E-state index contributed by atoms with van der Waals surface area (Å²) in [7, 11) is 1.77. The van der Waals surface area contributed by atoms with Crippen LogP contribution in [0.4, 0.5) is 0 Å². The summed E-state index contributed by atoms with van der Waals surface area (Å²) in [5, 5.41) is 12.7. The lowest BCUT2D eigenvalue weighted by atomic mass is 10.1. The molecule has 1 atom stereocenters. The summed E-state index contributed by atoms with van der Waals surface area (Å²) in [6.45, 7) is 2.12. The van der Waals surface area contributed by atoms with Gasteiger partial charge in [0, 0.05) is 45.0 Å². The smallest absolute Gasteiger partial charge is 0.317 e. The van der Waals surface area contributed by atoms with Crippen molar-refractivity contribution in [2.75, 3.05) is 32.7 Å². The van der Waals surface area contributed by atoms with Crippen molar-refractivity contribution in [3.05, 3.63) is 18.0 Å². The number of carbonyl (C=O) groups excluding carboxylic acids is 1. The first-order valence-electron chi connectivity index (χ1n) is 6.44. The minimum Gasteiger partial charge on any atom is -0.480 e. The molecule has 1 aliphatic rings. The summed E-state index contributed by atoms with van der Waals surface area (Å²) in [4.78, 5) is 26.4. The van der Waals surface area contributed by atoms with Crippen molar-refractivity contribution < 1.29 is 14.7 Å². The van der Waals surface area contributed by atoms with Gasteiger partial charge in [-0.3, -0.25) is 19.2 Å². The van der Waals surface area contributed by atoms with Crippen LogP contribution < -0.4 is 5.73 Å². The van der Waals surface area contributed by atoms with Crippen LogP contribution in [0.1, 0.15) is 11.6 Å². The first kappa shape index (κ1) is 14.5. The number of carboxylic acids is 1. The Morgan fingerprint density at radius 2 is 2.05 bits per heavy atom. The molecule has 2 rings (SSSR count). The molecule has 0 bridgehead atoms. The molecule has 0 aliphatic carbocycles. The lowest BCUT2D eigenvalue weighted by Gasteiger charge is -2.34. The molecule has 3 N–H and O–H groups in total. The lowest BCUT2D eigenvalue weighted by molar-refractivity contribution is -0.139. The Bertz CT molecular complexity index is 493. The summed E-state index contributed by atoms with van der Waals surface area (Å²) in [5.74, 6) is -0.996. The third-order valence-corrected chi connectivity index (χ3v) is 3.39. The summed E-state index contributed by atoms with van der Waals surface area (Å²) >= 11 is 0. The van der Waals surface area contributed by atoms with Gasteiger partial charge in [0.25, 0.3) is 0 Å². The zero-order valence-electron chi connectivity index (χ0n) is 11.4. The number of hydrogen-bond donors (Lipinski definition) is 2. The van der Waals surface area contributed by atoms with Crippen LogP contribution in [0.3, 0.4) is 0 Å². The largest absolute Gasteiger partial charge is 0.480 e. The number of carboxylic acid groups (broad SMARTS) is 1. The molecule has 110 valence electrons. The van der Waals surface area contributed by atoms with E-state index in [-0.39, 0.29) is 12.5 Å². The van der Waals surface area contributed by atoms with E-state index in [1.54, 1.807) is 29.0 Å². The van der Waals surface area contributed by atoms with Crippen LogP contribution in [0.15, 0.2) is 12.4 Å². The minimum atomic E-state index is -0.850. The Balaban J connectivity index is 1.90. The number of amides is 1. The predicted molar refractivity (Wildman–Crippen MR) is 70.8 cm³/mol. The Labute approximate surface area is 116 Å². The summed E-state index contributed by atoms with van der Waals surface area (Å²) in [6, 6.07) is -0.713. The van der Waals surface area contributed by atoms with Gasteiger partial charge in [0.15, 0.2) is 0 Å². The maximum atomic E-state index is 12.3. The minimum absolute atomic E-state index is 0.0106. The first-order chi connectivity index (χ1) is 9.47. The third kappa shape index (κ3) is 3.34. The van der Waals surface area contributed by atoms with Crippen LogP contribution in [-0.4, -0.2) is 69.3 Å². The number of piperazine rings is 1. The normalized spacial score (nSPS) is 18.0. The van der Waals surface area contributed by atoms with Crippen LogP contribution in [0, 0.1) is 0 Å². The van der Waals surface area contributed by atoms with E-state index < -0.39 is 12.0 Å². The molecule has 1 aromatic rings. The van der Waals surface area contributed by atoms with Crippen LogP contribution in [0.5, 0.6) is 0 Å². The second-order valence-corrected chi connectivity index (χ2v) is 4.92. The molecule has 1 amide bonds. The number of aliphatic carboxylic acids is 1. The second kappa shape index (κ2) is 6.02. The molecule has 0 saturated carbocycles. The van der Waals surface area contributed by atoms with Crippen LogP contribution in [-0.2, 0) is 16.6 Å². The van der Waals surface area contributed by atoms with Crippen LogP contribution >= 0.6 is 0 Å². The van der Waals surface area contributed by atoms with Crippen molar-refractivity contribution in [2.45, 2.75) is 6.04 Å². The van der Waals surface area contributed by atoms with Crippen LogP contribution in [0.25, 0.3) is 0 Å². The quantitative estimate of drug-likeness (QED) is 0.707. The predicted octanol–water partition coefficient (Wildman–Crippen LogP) is -1.35. The van der Waals surface area contributed by atoms with Crippen LogP contribution in [0.2, 0.25) is 0 Å². The SMILES string of the molecule is Cn1cc(C(N)C(=O)N2CCN(CC(=O)O)CC2)cn1. The van der Waals surface area contributed by atoms with E-state index in [2.05, 4.69) is 5.10 Å². The zero-order valence-corrected chi connectivity index (χ0v) is 11.4. The van der Waals surface area contributed by atoms with Crippen molar-refractivity contribution in [1.82, 2.24) is 19.6 Å². The van der Waals surface area contributed by atoms with E-state index in [0.29, 0.717) is 31.7 Å². The molecule has 8 nitrogen and oxygen atoms in total. The molecule has 1 aromatic heterocycles. The highest BCUT2D eigenvalue weighted by atomic mass is 16.4. The van der Waals surface area contributed by atoms with Crippen molar-refractivity contribution in [3.8, 4) is 0 Å². The van der Waals surface area contributed by atoms with Gasteiger partial charge in [-0.2, -0.15) is 5.10 Å². The number of carbonyl (C=O) groups is 2. The van der Waals surface area contributed by atoms with E-state index in [9.17, 15) is 9.59 Å². The zero-order chi connectivity index (χ0) is 14.7. The molecular formula is C12H19N5O3. The van der Waals surface area contributed by atoms with E-state index in [1.807, 2.05) is 4.90 Å². The fraction of sp³-hybridized carbons (Fsp3) is 0.583. The Kier molecular flexibility index (Phi) is 4.35. The molecule has 1 aliphatic heterocycles. The van der Waals surface area contributed by atoms with E-state index >= 15 is 0 Å². The maximum Gasteiger partial charge on any atom is 0.317 e. The fourth-order valence-corrected chi connectivity index (χ4v) is 2.26. The van der Waals surface area contributed by atoms with Gasteiger partial charge in [-0.1, -0.05) is 0 Å². The highest BCUT2D eigenvalue weighted by molar-refractivity contribution is 5.83. The van der Waals surface area contributed by atoms with Gasteiger partial charge in [-0.25, -0.2) is 0 Å². The lowest BCUT2D eigenvalue weighted by Crippen LogP contribution is -2.51. The van der Waals surface area contributed by atoms with Gasteiger partial charge in [0.1, 0.15) is 6.04 Å². The van der Waals surface area contributed by atoms with Gasteiger partial charge >= 0.3 is 5.97 Å². The van der Waals surface area contributed by atoms with Crippen molar-refractivity contribution in [1.29, 1.82) is 0 Å². The van der Waals surface area contributed by atoms with Crippen molar-refractivity contribution >= 4 is 11.9 Å². The molecule has 2 heterocycles. The van der Waals surface area contributed by atoms with E-state index in [4.69, 9.17) is 10.8 Å². The number of rotatable bonds is 4. The molecule has 1 fully saturated rings. The van der Waals surface area contributed by atoms with Gasteiger partial charge in [-0.05, 0) is 0 Å². The Morgan fingerprint density at radius 1 is 1.40 bits per heavy atom. The maximum absolute atomic E-state index is 12.3. The topological polar surface area (TPSA) is 105 Å². The van der Waals surface area contributed by atoms with Gasteiger partial charge < -0.3 is 15.7 Å². The molecule has 0 spiro atoms. The Hall–Kier alpha value is -1.93. The third-order valence-electron chi connectivity index (χ3n) is 3.39. The summed E-state index contributed by atoms with van der Waals surface area (Å²) in [5.41, 5.74) is 6.63. The number of nitrogens with zero attached hydrogens (tertiary/aromatic N) is 4. The summed E-state index contributed by atoms with van der Waals surface area (Å²) < 4.78 is 1.60. The van der Waals surface area contributed by atoms with Crippen molar-refractivity contribution in [3.63, 3.8) is 0 Å². The number of aryl methyl sites for hydroxylation is 1. The molecule has 0 aromatic carbocycles. The standard InChI is InChI=1S/C12H19N5O3/c1-15-7-9(6-14-15)11(13)12(20)17-4-2-16(3-5-17)8-10(18)19/h6-7,11H,2-5,8,13H2,1H3,(H,18,19). The number of aromatic nitrogens is 2. The highest BCUT2D eigenvalue weighted by Crippen LogP contribution is 2.13. The average molecular weight is 281 g/mol. The van der Waals surface area contributed by atoms with E-state index in [1.165, 1.54) is 0 Å². The molecule has 20 heavy (non-hydrogen) atoms. The average Bonchev–Trinajstić information content (AvgIpc) is 2.84. The molecular weight excluding hydrogens is 262 g/mol. The van der Waals surface area contributed by atoms with E-state index in [0.717, 1.165) is 0 Å². The van der Waals surface area contributed by atoms with Crippen molar-refractivity contribution in [2.24, 2.45) is 12.8 Å². The Morgan fingerprint density at radius 3 is 2.55 bits per heavy atom. The van der Waals surface area contributed by atoms with Gasteiger partial charge in [-0.15, -0.1) is 0 Å². The fourth-order valence-electron chi connectivity index (χ4n) is 2.26. The highest BCUT2D eigenvalue weighted by Gasteiger charge is 2.27. The summed E-state index contributed by atoms with van der Waals surface area (Å²) in [6.07, 6.45) is 3.31. The van der Waals surface area contributed by atoms with Gasteiger partial charge in [0.05, 0.1) is 12.7 Å². The second-order valence-electron chi connectivity index (χ2n) is 4.92. The number of hydrogen-bond acceptors (Lipinski definition) is 5. The van der Waals surface area contributed by atoms with Gasteiger partial charge in [0.2, 0.25) is 5.91 Å². The molecule has 1 saturated heterocycles. The molecule has 8 heteroatoms. The number of nitrogens with two attached hydrogens (primary N) is 1. The molecule has 0 radical (unpaired) electrons. The monoisotopic (exact) mass is 281 g/mol. The molecule has 1 unspecified atom stereocenters. The first-order valence-corrected chi connectivity index (χ1v) is 6.44.